The summed E-state index contributed by atoms with van der Waals surface area (Å²) in [5.41, 5.74) is 5.91. The molecule has 1 heterocycles. The van der Waals surface area contributed by atoms with Gasteiger partial charge in [-0.15, -0.1) is 0 Å². The van der Waals surface area contributed by atoms with Crippen molar-refractivity contribution in [3.8, 4) is 0 Å². The Morgan fingerprint density at radius 2 is 1.84 bits per heavy atom. The Bertz CT molecular complexity index is 283. The van der Waals surface area contributed by atoms with E-state index >= 15 is 0 Å². The number of hydrogen-bond acceptors (Lipinski definition) is 3. The third-order valence-corrected chi connectivity index (χ3v) is 4.87. The lowest BCUT2D eigenvalue weighted by Gasteiger charge is -2.37. The van der Waals surface area contributed by atoms with Crippen LogP contribution in [0.5, 0.6) is 0 Å². The Kier molecular flexibility index (Phi) is 5.64. The lowest BCUT2D eigenvalue weighted by Crippen LogP contribution is -2.47. The molecule has 110 valence electrons. The maximum absolute atomic E-state index is 12.2. The molecule has 1 aliphatic carbocycles. The highest BCUT2D eigenvalue weighted by Crippen LogP contribution is 2.24. The minimum absolute atomic E-state index is 0.219. The van der Waals surface area contributed by atoms with Crippen molar-refractivity contribution < 1.29 is 4.79 Å². The monoisotopic (exact) mass is 267 g/mol. The molecule has 2 fully saturated rings. The Labute approximate surface area is 117 Å². The highest BCUT2D eigenvalue weighted by molar-refractivity contribution is 5.77. The van der Waals surface area contributed by atoms with Gasteiger partial charge in [0.1, 0.15) is 0 Å². The van der Waals surface area contributed by atoms with Crippen molar-refractivity contribution in [2.75, 3.05) is 26.7 Å². The van der Waals surface area contributed by atoms with E-state index in [2.05, 4.69) is 11.9 Å². The van der Waals surface area contributed by atoms with Crippen LogP contribution >= 0.6 is 0 Å². The predicted octanol–water partition coefficient (Wildman–Crippen LogP) is 1.59. The predicted molar refractivity (Wildman–Crippen MR) is 77.9 cm³/mol. The SMILES string of the molecule is CN(C1CCCCC1)C(CN)CC(=O)N1CCCC1. The van der Waals surface area contributed by atoms with Crippen LogP contribution in [0.2, 0.25) is 0 Å². The molecule has 0 aromatic heterocycles. The average molecular weight is 267 g/mol. The number of nitrogens with zero attached hydrogens (tertiary/aromatic N) is 2. The van der Waals surface area contributed by atoms with Crippen LogP contribution in [0, 0.1) is 0 Å². The zero-order valence-corrected chi connectivity index (χ0v) is 12.3. The number of likely N-dealkylation sites (tertiary alicyclic amines) is 1. The first kappa shape index (κ1) is 14.8. The second kappa shape index (κ2) is 7.25. The fraction of sp³-hybridized carbons (Fsp3) is 0.933. The fourth-order valence-corrected chi connectivity index (χ4v) is 3.48. The summed E-state index contributed by atoms with van der Waals surface area (Å²) < 4.78 is 0. The molecule has 2 rings (SSSR count). The van der Waals surface area contributed by atoms with E-state index in [1.807, 2.05) is 4.90 Å². The van der Waals surface area contributed by atoms with Gasteiger partial charge in [-0.1, -0.05) is 19.3 Å². The van der Waals surface area contributed by atoms with Crippen molar-refractivity contribution in [1.29, 1.82) is 0 Å². The average Bonchev–Trinajstić information content (AvgIpc) is 2.99. The van der Waals surface area contributed by atoms with Gasteiger partial charge in [0.05, 0.1) is 0 Å². The number of carbonyl (C=O) groups excluding carboxylic acids is 1. The van der Waals surface area contributed by atoms with Crippen molar-refractivity contribution in [2.24, 2.45) is 5.73 Å². The Morgan fingerprint density at radius 3 is 2.42 bits per heavy atom. The lowest BCUT2D eigenvalue weighted by molar-refractivity contribution is -0.131. The minimum atomic E-state index is 0.219. The van der Waals surface area contributed by atoms with E-state index in [-0.39, 0.29) is 6.04 Å². The second-order valence-corrected chi connectivity index (χ2v) is 6.14. The van der Waals surface area contributed by atoms with Crippen LogP contribution < -0.4 is 5.73 Å². The van der Waals surface area contributed by atoms with Gasteiger partial charge in [0, 0.05) is 38.1 Å². The summed E-state index contributed by atoms with van der Waals surface area (Å²) in [4.78, 5) is 16.6. The molecule has 4 nitrogen and oxygen atoms in total. The standard InChI is InChI=1S/C15H29N3O/c1-17(13-7-3-2-4-8-13)14(12-16)11-15(19)18-9-5-6-10-18/h13-14H,2-12,16H2,1H3. The summed E-state index contributed by atoms with van der Waals surface area (Å²) >= 11 is 0. The zero-order valence-electron chi connectivity index (χ0n) is 12.3. The first-order valence-electron chi connectivity index (χ1n) is 7.92. The molecule has 19 heavy (non-hydrogen) atoms. The highest BCUT2D eigenvalue weighted by Gasteiger charge is 2.27. The summed E-state index contributed by atoms with van der Waals surface area (Å²) in [6, 6.07) is 0.852. The second-order valence-electron chi connectivity index (χ2n) is 6.14. The largest absolute Gasteiger partial charge is 0.343 e. The van der Waals surface area contributed by atoms with Crippen LogP contribution in [0.3, 0.4) is 0 Å². The van der Waals surface area contributed by atoms with Crippen molar-refractivity contribution in [3.05, 3.63) is 0 Å². The van der Waals surface area contributed by atoms with Gasteiger partial charge >= 0.3 is 0 Å². The van der Waals surface area contributed by atoms with Gasteiger partial charge in [-0.05, 0) is 32.7 Å². The molecule has 2 aliphatic rings. The lowest BCUT2D eigenvalue weighted by atomic mass is 9.93. The van der Waals surface area contributed by atoms with Crippen LogP contribution in [0.4, 0.5) is 0 Å². The summed E-state index contributed by atoms with van der Waals surface area (Å²) in [6.07, 6.45) is 9.48. The molecule has 4 heteroatoms. The summed E-state index contributed by atoms with van der Waals surface area (Å²) in [7, 11) is 2.16. The van der Waals surface area contributed by atoms with Crippen LogP contribution in [0.25, 0.3) is 0 Å². The molecule has 1 aliphatic heterocycles. The van der Waals surface area contributed by atoms with E-state index in [4.69, 9.17) is 5.73 Å². The van der Waals surface area contributed by atoms with E-state index in [9.17, 15) is 4.79 Å². The Balaban J connectivity index is 1.85. The third-order valence-electron chi connectivity index (χ3n) is 4.87. The molecule has 2 N–H and O–H groups in total. The van der Waals surface area contributed by atoms with Crippen LogP contribution in [-0.4, -0.2) is 54.5 Å². The number of hydrogen-bond donors (Lipinski definition) is 1. The molecule has 1 unspecified atom stereocenters. The van der Waals surface area contributed by atoms with Gasteiger partial charge in [-0.3, -0.25) is 9.69 Å². The molecule has 1 amide bonds. The molecule has 0 spiro atoms. The summed E-state index contributed by atoms with van der Waals surface area (Å²) in [6.45, 7) is 2.49. The van der Waals surface area contributed by atoms with E-state index < -0.39 is 0 Å². The Hall–Kier alpha value is -0.610. The molecule has 0 radical (unpaired) electrons. The minimum Gasteiger partial charge on any atom is -0.343 e. The van der Waals surface area contributed by atoms with Crippen molar-refractivity contribution in [1.82, 2.24) is 9.80 Å². The highest BCUT2D eigenvalue weighted by atomic mass is 16.2. The van der Waals surface area contributed by atoms with Crippen molar-refractivity contribution in [2.45, 2.75) is 63.5 Å². The van der Waals surface area contributed by atoms with Gasteiger partial charge in [0.25, 0.3) is 0 Å². The van der Waals surface area contributed by atoms with Crippen molar-refractivity contribution in [3.63, 3.8) is 0 Å². The number of likely N-dealkylation sites (N-methyl/N-ethyl adjacent to an activating group) is 1. The maximum Gasteiger partial charge on any atom is 0.224 e. The smallest absolute Gasteiger partial charge is 0.224 e. The Morgan fingerprint density at radius 1 is 1.21 bits per heavy atom. The van der Waals surface area contributed by atoms with E-state index in [0.717, 1.165) is 25.9 Å². The molecular weight excluding hydrogens is 238 g/mol. The topological polar surface area (TPSA) is 49.6 Å². The number of rotatable bonds is 5. The summed E-state index contributed by atoms with van der Waals surface area (Å²) in [5, 5.41) is 0. The van der Waals surface area contributed by atoms with Gasteiger partial charge in [-0.25, -0.2) is 0 Å². The van der Waals surface area contributed by atoms with Crippen molar-refractivity contribution >= 4 is 5.91 Å². The van der Waals surface area contributed by atoms with Gasteiger partial charge in [0.15, 0.2) is 0 Å². The summed E-state index contributed by atoms with van der Waals surface area (Å²) in [5.74, 6) is 0.301. The van der Waals surface area contributed by atoms with Crippen LogP contribution in [-0.2, 0) is 4.79 Å². The maximum atomic E-state index is 12.2. The van der Waals surface area contributed by atoms with Crippen LogP contribution in [0.1, 0.15) is 51.4 Å². The first-order chi connectivity index (χ1) is 9.22. The molecule has 0 aromatic rings. The number of carbonyl (C=O) groups is 1. The third kappa shape index (κ3) is 3.93. The number of amides is 1. The normalized spacial score (nSPS) is 23.0. The quantitative estimate of drug-likeness (QED) is 0.823. The molecule has 1 saturated carbocycles. The van der Waals surface area contributed by atoms with Gasteiger partial charge < -0.3 is 10.6 Å². The fourth-order valence-electron chi connectivity index (χ4n) is 3.48. The van der Waals surface area contributed by atoms with Gasteiger partial charge in [-0.2, -0.15) is 0 Å². The molecule has 0 aromatic carbocycles. The molecule has 0 bridgehead atoms. The molecular formula is C15H29N3O. The first-order valence-corrected chi connectivity index (χ1v) is 7.92. The number of nitrogens with two attached hydrogens (primary N) is 1. The van der Waals surface area contributed by atoms with E-state index in [1.165, 1.54) is 32.1 Å². The zero-order chi connectivity index (χ0) is 13.7. The molecule has 1 saturated heterocycles. The van der Waals surface area contributed by atoms with Crippen LogP contribution in [0.15, 0.2) is 0 Å². The van der Waals surface area contributed by atoms with E-state index in [1.54, 1.807) is 0 Å². The van der Waals surface area contributed by atoms with Gasteiger partial charge in [0.2, 0.25) is 5.91 Å². The van der Waals surface area contributed by atoms with E-state index in [0.29, 0.717) is 24.9 Å². The molecule has 1 atom stereocenters.